The quantitative estimate of drug-likeness (QED) is 0.575. The molecule has 0 aromatic heterocycles. The molecule has 6 heteroatoms. The van der Waals surface area contributed by atoms with Crippen molar-refractivity contribution in [2.24, 2.45) is 5.73 Å². The van der Waals surface area contributed by atoms with Crippen molar-refractivity contribution in [3.8, 4) is 0 Å². The molecule has 0 amide bonds. The molecule has 0 radical (unpaired) electrons. The normalized spacial score (nSPS) is 15.2. The minimum atomic E-state index is -0.661. The van der Waals surface area contributed by atoms with Gasteiger partial charge in [0.05, 0.1) is 23.9 Å². The van der Waals surface area contributed by atoms with E-state index in [1.165, 1.54) is 0 Å². The standard InChI is InChI=1S/C18H37NO5/c1-13(2)22-16(20)24-18(7,8)11-14(3)23-17(5,6)9-10-21-15(4)12-19/h13-15H,9-12,19H2,1-8H3. The van der Waals surface area contributed by atoms with Crippen LogP contribution in [0.15, 0.2) is 0 Å². The second kappa shape index (κ2) is 10.2. The van der Waals surface area contributed by atoms with Gasteiger partial charge in [0, 0.05) is 19.6 Å². The molecule has 0 aromatic rings. The molecule has 2 N–H and O–H groups in total. The first-order valence-electron chi connectivity index (χ1n) is 8.76. The molecule has 2 atom stereocenters. The highest BCUT2D eigenvalue weighted by molar-refractivity contribution is 5.60. The van der Waals surface area contributed by atoms with Gasteiger partial charge in [0.15, 0.2) is 0 Å². The first kappa shape index (κ1) is 23.1. The lowest BCUT2D eigenvalue weighted by atomic mass is 9.99. The molecule has 0 aliphatic heterocycles. The predicted molar refractivity (Wildman–Crippen MR) is 95.1 cm³/mol. The topological polar surface area (TPSA) is 80.0 Å². The zero-order valence-corrected chi connectivity index (χ0v) is 16.7. The van der Waals surface area contributed by atoms with Gasteiger partial charge < -0.3 is 24.7 Å². The first-order valence-corrected chi connectivity index (χ1v) is 8.76. The molecule has 0 bridgehead atoms. The van der Waals surface area contributed by atoms with E-state index in [-0.39, 0.29) is 23.9 Å². The van der Waals surface area contributed by atoms with Crippen LogP contribution in [0, 0.1) is 0 Å². The molecule has 144 valence electrons. The van der Waals surface area contributed by atoms with Gasteiger partial charge in [-0.3, -0.25) is 0 Å². The second-order valence-corrected chi connectivity index (χ2v) is 7.84. The largest absolute Gasteiger partial charge is 0.509 e. The summed E-state index contributed by atoms with van der Waals surface area (Å²) in [4.78, 5) is 11.7. The average Bonchev–Trinajstić information content (AvgIpc) is 2.34. The summed E-state index contributed by atoms with van der Waals surface area (Å²) in [6, 6.07) is 0. The SMILES string of the molecule is CC(C)OC(=O)OC(C)(C)CC(C)OC(C)(C)CCOC(C)CN. The Hall–Kier alpha value is -0.850. The Kier molecular flexibility index (Phi) is 9.85. The predicted octanol–water partition coefficient (Wildman–Crippen LogP) is 3.65. The Labute approximate surface area is 147 Å². The van der Waals surface area contributed by atoms with E-state index < -0.39 is 11.8 Å². The van der Waals surface area contributed by atoms with Crippen molar-refractivity contribution in [2.45, 2.75) is 97.7 Å². The summed E-state index contributed by atoms with van der Waals surface area (Å²) in [5.41, 5.74) is 4.54. The molecule has 2 unspecified atom stereocenters. The Balaban J connectivity index is 4.33. The van der Waals surface area contributed by atoms with Gasteiger partial charge in [-0.05, 0) is 61.8 Å². The molecule has 0 fully saturated rings. The Morgan fingerprint density at radius 2 is 1.58 bits per heavy atom. The van der Waals surface area contributed by atoms with E-state index in [2.05, 4.69) is 0 Å². The maximum absolute atomic E-state index is 11.7. The Bertz CT molecular complexity index is 368. The lowest BCUT2D eigenvalue weighted by molar-refractivity contribution is -0.112. The van der Waals surface area contributed by atoms with Crippen LogP contribution in [-0.2, 0) is 18.9 Å². The van der Waals surface area contributed by atoms with E-state index in [0.717, 1.165) is 6.42 Å². The molecule has 0 aliphatic rings. The zero-order chi connectivity index (χ0) is 19.0. The summed E-state index contributed by atoms with van der Waals surface area (Å²) in [7, 11) is 0. The molecule has 0 aromatic carbocycles. The van der Waals surface area contributed by atoms with Gasteiger partial charge in [0.2, 0.25) is 0 Å². The maximum Gasteiger partial charge on any atom is 0.509 e. The molecule has 0 rings (SSSR count). The van der Waals surface area contributed by atoms with Crippen LogP contribution in [-0.4, -0.2) is 48.8 Å². The van der Waals surface area contributed by atoms with Crippen molar-refractivity contribution in [1.82, 2.24) is 0 Å². The van der Waals surface area contributed by atoms with E-state index in [1.807, 2.05) is 41.5 Å². The smallest absolute Gasteiger partial charge is 0.432 e. The van der Waals surface area contributed by atoms with Crippen molar-refractivity contribution in [2.75, 3.05) is 13.2 Å². The highest BCUT2D eigenvalue weighted by Gasteiger charge is 2.30. The summed E-state index contributed by atoms with van der Waals surface area (Å²) in [5.74, 6) is 0. The number of rotatable bonds is 11. The lowest BCUT2D eigenvalue weighted by Gasteiger charge is -2.33. The van der Waals surface area contributed by atoms with Crippen LogP contribution in [0.4, 0.5) is 4.79 Å². The van der Waals surface area contributed by atoms with Crippen molar-refractivity contribution < 1.29 is 23.7 Å². The highest BCUT2D eigenvalue weighted by atomic mass is 16.7. The number of nitrogens with two attached hydrogens (primary N) is 1. The van der Waals surface area contributed by atoms with E-state index in [1.54, 1.807) is 13.8 Å². The van der Waals surface area contributed by atoms with Crippen LogP contribution in [0.25, 0.3) is 0 Å². The summed E-state index contributed by atoms with van der Waals surface area (Å²) in [6.07, 6.45) is 0.468. The van der Waals surface area contributed by atoms with Crippen molar-refractivity contribution >= 4 is 6.16 Å². The van der Waals surface area contributed by atoms with Gasteiger partial charge in [0.25, 0.3) is 0 Å². The number of carbonyl (C=O) groups excluding carboxylic acids is 1. The maximum atomic E-state index is 11.7. The fourth-order valence-corrected chi connectivity index (χ4v) is 2.40. The van der Waals surface area contributed by atoms with Crippen LogP contribution < -0.4 is 5.73 Å². The van der Waals surface area contributed by atoms with Gasteiger partial charge in [0.1, 0.15) is 5.60 Å². The van der Waals surface area contributed by atoms with E-state index in [0.29, 0.717) is 19.6 Å². The fourth-order valence-electron chi connectivity index (χ4n) is 2.40. The van der Waals surface area contributed by atoms with Gasteiger partial charge in [-0.25, -0.2) is 4.79 Å². The van der Waals surface area contributed by atoms with Gasteiger partial charge in [-0.2, -0.15) is 0 Å². The van der Waals surface area contributed by atoms with E-state index in [4.69, 9.17) is 24.7 Å². The molecule has 0 heterocycles. The fraction of sp³-hybridized carbons (Fsp3) is 0.944. The number of hydrogen-bond acceptors (Lipinski definition) is 6. The Morgan fingerprint density at radius 3 is 2.08 bits per heavy atom. The van der Waals surface area contributed by atoms with Crippen LogP contribution >= 0.6 is 0 Å². The van der Waals surface area contributed by atoms with Gasteiger partial charge >= 0.3 is 6.16 Å². The molecule has 0 spiro atoms. The summed E-state index contributed by atoms with van der Waals surface area (Å²) < 4.78 is 22.1. The monoisotopic (exact) mass is 347 g/mol. The second-order valence-electron chi connectivity index (χ2n) is 7.84. The lowest BCUT2D eigenvalue weighted by Crippen LogP contribution is -2.38. The Morgan fingerprint density at radius 1 is 1.00 bits per heavy atom. The molecule has 24 heavy (non-hydrogen) atoms. The molecule has 6 nitrogen and oxygen atoms in total. The van der Waals surface area contributed by atoms with Crippen molar-refractivity contribution in [1.29, 1.82) is 0 Å². The molecular formula is C18H37NO5. The summed E-state index contributed by atoms with van der Waals surface area (Å²) >= 11 is 0. The van der Waals surface area contributed by atoms with Crippen molar-refractivity contribution in [3.05, 3.63) is 0 Å². The number of carbonyl (C=O) groups is 1. The summed E-state index contributed by atoms with van der Waals surface area (Å²) in [6.45, 7) is 16.4. The number of ether oxygens (including phenoxy) is 4. The molecular weight excluding hydrogens is 310 g/mol. The molecule has 0 aliphatic carbocycles. The van der Waals surface area contributed by atoms with Crippen LogP contribution in [0.3, 0.4) is 0 Å². The van der Waals surface area contributed by atoms with Crippen LogP contribution in [0.5, 0.6) is 0 Å². The summed E-state index contributed by atoms with van der Waals surface area (Å²) in [5, 5.41) is 0. The van der Waals surface area contributed by atoms with E-state index in [9.17, 15) is 4.79 Å². The van der Waals surface area contributed by atoms with Crippen LogP contribution in [0.2, 0.25) is 0 Å². The van der Waals surface area contributed by atoms with Gasteiger partial charge in [-0.1, -0.05) is 0 Å². The third kappa shape index (κ3) is 11.6. The molecule has 0 saturated carbocycles. The first-order chi connectivity index (χ1) is 10.9. The minimum absolute atomic E-state index is 0.0533. The number of hydrogen-bond donors (Lipinski definition) is 1. The average molecular weight is 347 g/mol. The zero-order valence-electron chi connectivity index (χ0n) is 16.7. The third-order valence-electron chi connectivity index (χ3n) is 3.43. The van der Waals surface area contributed by atoms with Crippen LogP contribution in [0.1, 0.15) is 68.2 Å². The van der Waals surface area contributed by atoms with Crippen molar-refractivity contribution in [3.63, 3.8) is 0 Å². The third-order valence-corrected chi connectivity index (χ3v) is 3.43. The highest BCUT2D eigenvalue weighted by Crippen LogP contribution is 2.24. The van der Waals surface area contributed by atoms with Gasteiger partial charge in [-0.15, -0.1) is 0 Å². The minimum Gasteiger partial charge on any atom is -0.432 e. The van der Waals surface area contributed by atoms with E-state index >= 15 is 0 Å². The molecule has 0 saturated heterocycles.